The molecule has 28 heavy (non-hydrogen) atoms. The Kier molecular flexibility index (Phi) is 6.89. The number of thiazole rings is 1. The molecule has 0 saturated carbocycles. The Morgan fingerprint density at radius 3 is 2.71 bits per heavy atom. The summed E-state index contributed by atoms with van der Waals surface area (Å²) in [5.41, 5.74) is 2.34. The average Bonchev–Trinajstić information content (AvgIpc) is 3.34. The second-order valence-corrected chi connectivity index (χ2v) is 8.11. The first kappa shape index (κ1) is 20.2. The van der Waals surface area contributed by atoms with Crippen molar-refractivity contribution in [3.05, 3.63) is 59.7 Å². The lowest BCUT2D eigenvalue weighted by atomic mass is 10.2. The third-order valence-corrected chi connectivity index (χ3v) is 5.53. The number of nitrogens with zero attached hydrogens (tertiary/aromatic N) is 2. The maximum absolute atomic E-state index is 12.8. The van der Waals surface area contributed by atoms with Crippen molar-refractivity contribution in [1.29, 1.82) is 0 Å². The topological polar surface area (TPSA) is 76.0 Å². The van der Waals surface area contributed by atoms with Crippen molar-refractivity contribution < 1.29 is 9.59 Å². The van der Waals surface area contributed by atoms with Gasteiger partial charge in [0.15, 0.2) is 5.13 Å². The van der Waals surface area contributed by atoms with Crippen molar-refractivity contribution in [2.24, 2.45) is 7.05 Å². The molecule has 0 fully saturated rings. The third kappa shape index (κ3) is 5.24. The summed E-state index contributed by atoms with van der Waals surface area (Å²) >= 11 is 3.00. The molecule has 6 nitrogen and oxygen atoms in total. The number of nitrogens with one attached hydrogen (secondary N) is 2. The molecule has 0 saturated heterocycles. The minimum Gasteiger partial charge on any atom is -0.356 e. The molecule has 2 amide bonds. The normalized spacial score (nSPS) is 11.8. The van der Waals surface area contributed by atoms with Gasteiger partial charge in [0.25, 0.3) is 5.91 Å². The number of aromatic nitrogens is 2. The highest BCUT2D eigenvalue weighted by molar-refractivity contribution is 7.98. The van der Waals surface area contributed by atoms with Crippen molar-refractivity contribution in [3.8, 4) is 11.3 Å². The molecule has 0 aliphatic carbocycles. The van der Waals surface area contributed by atoms with E-state index in [1.165, 1.54) is 11.3 Å². The number of aryl methyl sites for hydroxylation is 1. The Hall–Kier alpha value is -2.58. The van der Waals surface area contributed by atoms with Gasteiger partial charge in [-0.15, -0.1) is 11.3 Å². The quantitative estimate of drug-likeness (QED) is 0.590. The lowest BCUT2D eigenvalue weighted by Gasteiger charge is -2.17. The molecule has 0 aliphatic heterocycles. The van der Waals surface area contributed by atoms with Crippen molar-refractivity contribution in [2.45, 2.75) is 12.5 Å². The summed E-state index contributed by atoms with van der Waals surface area (Å²) in [6.45, 7) is 0. The molecular formula is C20H22N4O2S2. The first-order chi connectivity index (χ1) is 13.6. The minimum atomic E-state index is -0.621. The monoisotopic (exact) mass is 414 g/mol. The summed E-state index contributed by atoms with van der Waals surface area (Å²) in [4.78, 5) is 29.7. The summed E-state index contributed by atoms with van der Waals surface area (Å²) in [6, 6.07) is 10.9. The first-order valence-corrected chi connectivity index (χ1v) is 11.1. The molecule has 0 unspecified atom stereocenters. The predicted octanol–water partition coefficient (Wildman–Crippen LogP) is 3.64. The molecule has 2 aromatic heterocycles. The molecule has 0 spiro atoms. The maximum atomic E-state index is 12.8. The van der Waals surface area contributed by atoms with Crippen molar-refractivity contribution in [2.75, 3.05) is 17.3 Å². The number of carbonyl (C=O) groups is 2. The van der Waals surface area contributed by atoms with E-state index in [1.54, 1.807) is 34.8 Å². The highest BCUT2D eigenvalue weighted by atomic mass is 32.2. The van der Waals surface area contributed by atoms with Crippen molar-refractivity contribution in [1.82, 2.24) is 14.9 Å². The molecule has 0 radical (unpaired) electrons. The predicted molar refractivity (Wildman–Crippen MR) is 116 cm³/mol. The van der Waals surface area contributed by atoms with Crippen LogP contribution in [0.5, 0.6) is 0 Å². The summed E-state index contributed by atoms with van der Waals surface area (Å²) in [7, 11) is 1.85. The number of thioether (sulfide) groups is 1. The lowest BCUT2D eigenvalue weighted by molar-refractivity contribution is -0.118. The third-order valence-electron chi connectivity index (χ3n) is 4.13. The van der Waals surface area contributed by atoms with Crippen LogP contribution in [-0.2, 0) is 11.8 Å². The number of anilines is 1. The lowest BCUT2D eigenvalue weighted by Crippen LogP contribution is -2.44. The van der Waals surface area contributed by atoms with E-state index in [2.05, 4.69) is 15.6 Å². The highest BCUT2D eigenvalue weighted by Crippen LogP contribution is 2.24. The van der Waals surface area contributed by atoms with Gasteiger partial charge in [0, 0.05) is 30.4 Å². The first-order valence-electron chi connectivity index (χ1n) is 8.80. The van der Waals surface area contributed by atoms with E-state index >= 15 is 0 Å². The molecular weight excluding hydrogens is 392 g/mol. The van der Waals surface area contributed by atoms with Gasteiger partial charge < -0.3 is 15.2 Å². The Labute approximate surface area is 172 Å². The molecule has 8 heteroatoms. The van der Waals surface area contributed by atoms with E-state index in [4.69, 9.17) is 0 Å². The van der Waals surface area contributed by atoms with Crippen LogP contribution in [0.1, 0.15) is 16.8 Å². The number of amides is 2. The largest absolute Gasteiger partial charge is 0.356 e. The fourth-order valence-electron chi connectivity index (χ4n) is 2.65. The Bertz CT molecular complexity index is 937. The number of hydrogen-bond acceptors (Lipinski definition) is 5. The van der Waals surface area contributed by atoms with Crippen LogP contribution < -0.4 is 10.6 Å². The van der Waals surface area contributed by atoms with Gasteiger partial charge in [0.1, 0.15) is 6.04 Å². The van der Waals surface area contributed by atoms with E-state index in [9.17, 15) is 9.59 Å². The molecule has 0 bridgehead atoms. The molecule has 3 rings (SSSR count). The van der Waals surface area contributed by atoms with Crippen LogP contribution in [0.2, 0.25) is 0 Å². The van der Waals surface area contributed by atoms with Gasteiger partial charge >= 0.3 is 0 Å². The van der Waals surface area contributed by atoms with E-state index in [0.29, 0.717) is 17.1 Å². The van der Waals surface area contributed by atoms with Crippen LogP contribution in [0.4, 0.5) is 5.13 Å². The minimum absolute atomic E-state index is 0.257. The summed E-state index contributed by atoms with van der Waals surface area (Å²) < 4.78 is 1.80. The van der Waals surface area contributed by atoms with Gasteiger partial charge in [0.2, 0.25) is 5.91 Å². The summed E-state index contributed by atoms with van der Waals surface area (Å²) in [6.07, 6.45) is 6.04. The molecule has 1 aromatic carbocycles. The maximum Gasteiger partial charge on any atom is 0.253 e. The van der Waals surface area contributed by atoms with Gasteiger partial charge in [0.05, 0.1) is 11.3 Å². The standard InChI is InChI=1S/C20H22N4O2S2/c1-24-10-8-15(12-24)18(25)21-16(9-11-27-2)19(26)23-20-22-17(13-28-20)14-6-4-3-5-7-14/h3-8,10,12-13,16H,9,11H2,1-2H3,(H,21,25)(H,22,23,26)/t16-/m0/s1. The smallest absolute Gasteiger partial charge is 0.253 e. The van der Waals surface area contributed by atoms with E-state index in [-0.39, 0.29) is 11.8 Å². The second kappa shape index (κ2) is 9.57. The molecule has 0 aliphatic rings. The zero-order valence-corrected chi connectivity index (χ0v) is 17.3. The van der Waals surface area contributed by atoms with E-state index in [0.717, 1.165) is 17.0 Å². The zero-order chi connectivity index (χ0) is 19.9. The fraction of sp³-hybridized carbons (Fsp3) is 0.250. The van der Waals surface area contributed by atoms with Gasteiger partial charge in [-0.25, -0.2) is 4.98 Å². The number of carbonyl (C=O) groups excluding carboxylic acids is 2. The van der Waals surface area contributed by atoms with Crippen LogP contribution in [0.3, 0.4) is 0 Å². The van der Waals surface area contributed by atoms with Gasteiger partial charge in [-0.3, -0.25) is 9.59 Å². The average molecular weight is 415 g/mol. The fourth-order valence-corrected chi connectivity index (χ4v) is 3.84. The molecule has 2 heterocycles. The van der Waals surface area contributed by atoms with Crippen molar-refractivity contribution in [3.63, 3.8) is 0 Å². The van der Waals surface area contributed by atoms with Gasteiger partial charge in [-0.05, 0) is 24.5 Å². The van der Waals surface area contributed by atoms with Crippen LogP contribution in [-0.4, -0.2) is 39.4 Å². The highest BCUT2D eigenvalue weighted by Gasteiger charge is 2.22. The van der Waals surface area contributed by atoms with Crippen LogP contribution in [0.15, 0.2) is 54.2 Å². The van der Waals surface area contributed by atoms with E-state index in [1.807, 2.05) is 49.0 Å². The number of hydrogen-bond donors (Lipinski definition) is 2. The molecule has 1 atom stereocenters. The Morgan fingerprint density at radius 1 is 1.25 bits per heavy atom. The van der Waals surface area contributed by atoms with Gasteiger partial charge in [-0.1, -0.05) is 30.3 Å². The van der Waals surface area contributed by atoms with Crippen LogP contribution in [0.25, 0.3) is 11.3 Å². The number of rotatable bonds is 8. The molecule has 3 aromatic rings. The molecule has 2 N–H and O–H groups in total. The van der Waals surface area contributed by atoms with Gasteiger partial charge in [-0.2, -0.15) is 11.8 Å². The Morgan fingerprint density at radius 2 is 2.04 bits per heavy atom. The molecule has 146 valence electrons. The van der Waals surface area contributed by atoms with Crippen molar-refractivity contribution >= 4 is 40.0 Å². The SMILES string of the molecule is CSCC[C@H](NC(=O)c1ccn(C)c1)C(=O)Nc1nc(-c2ccccc2)cs1. The van der Waals surface area contributed by atoms with E-state index < -0.39 is 6.04 Å². The summed E-state index contributed by atoms with van der Waals surface area (Å²) in [5, 5.41) is 8.11. The second-order valence-electron chi connectivity index (χ2n) is 6.27. The zero-order valence-electron chi connectivity index (χ0n) is 15.7. The van der Waals surface area contributed by atoms with Crippen LogP contribution >= 0.6 is 23.1 Å². The number of benzene rings is 1. The van der Waals surface area contributed by atoms with Crippen LogP contribution in [0, 0.1) is 0 Å². The Balaban J connectivity index is 1.67. The summed E-state index contributed by atoms with van der Waals surface area (Å²) in [5.74, 6) is 0.249.